The summed E-state index contributed by atoms with van der Waals surface area (Å²) in [5.74, 6) is -0.821. The highest BCUT2D eigenvalue weighted by molar-refractivity contribution is 6.31. The van der Waals surface area contributed by atoms with Crippen LogP contribution >= 0.6 is 0 Å². The molecular weight excluding hydrogens is 412 g/mol. The molecule has 3 aliphatic heterocycles. The van der Waals surface area contributed by atoms with Gasteiger partial charge in [0.1, 0.15) is 12.4 Å². The number of allylic oxidation sites excluding steroid dienone is 1. The number of aliphatic imine (C=N–C) groups is 1. The minimum atomic E-state index is -0.754. The van der Waals surface area contributed by atoms with Crippen molar-refractivity contribution in [1.29, 1.82) is 0 Å². The van der Waals surface area contributed by atoms with Crippen molar-refractivity contribution in [2.24, 2.45) is 16.8 Å². The lowest BCUT2D eigenvalue weighted by Gasteiger charge is -2.38. The molecule has 1 unspecified atom stereocenters. The minimum Gasteiger partial charge on any atom is -0.350 e. The van der Waals surface area contributed by atoms with Crippen molar-refractivity contribution in [2.75, 3.05) is 39.8 Å². The van der Waals surface area contributed by atoms with Crippen molar-refractivity contribution in [3.8, 4) is 0 Å². The van der Waals surface area contributed by atoms with E-state index in [1.54, 1.807) is 19.3 Å². The van der Waals surface area contributed by atoms with E-state index in [1.165, 1.54) is 4.90 Å². The molecule has 0 aromatic rings. The van der Waals surface area contributed by atoms with Gasteiger partial charge in [0.25, 0.3) is 5.91 Å². The summed E-state index contributed by atoms with van der Waals surface area (Å²) in [6, 6.07) is -0.566. The molecule has 1 saturated carbocycles. The van der Waals surface area contributed by atoms with E-state index >= 15 is 0 Å². The van der Waals surface area contributed by atoms with Crippen molar-refractivity contribution in [1.82, 2.24) is 20.0 Å². The Labute approximate surface area is 187 Å². The highest BCUT2D eigenvalue weighted by Crippen LogP contribution is 2.31. The van der Waals surface area contributed by atoms with Gasteiger partial charge in [0.15, 0.2) is 24.7 Å². The van der Waals surface area contributed by atoms with Crippen LogP contribution in [-0.4, -0.2) is 99.9 Å². The average molecular weight is 444 g/mol. The Bertz CT molecular complexity index is 946. The molecule has 172 valence electrons. The van der Waals surface area contributed by atoms with Gasteiger partial charge in [0.05, 0.1) is 13.1 Å². The van der Waals surface area contributed by atoms with Gasteiger partial charge in [-0.3, -0.25) is 24.2 Å². The van der Waals surface area contributed by atoms with E-state index in [4.69, 9.17) is 0 Å². The third kappa shape index (κ3) is 4.31. The molecule has 1 atom stereocenters. The lowest BCUT2D eigenvalue weighted by molar-refractivity contribution is -0.539. The van der Waals surface area contributed by atoms with Gasteiger partial charge >= 0.3 is 6.03 Å². The molecule has 10 nitrogen and oxygen atoms in total. The van der Waals surface area contributed by atoms with Gasteiger partial charge in [0.2, 0.25) is 11.8 Å². The van der Waals surface area contributed by atoms with Crippen LogP contribution in [0, 0.1) is 11.8 Å². The Kier molecular flexibility index (Phi) is 5.64. The summed E-state index contributed by atoms with van der Waals surface area (Å²) in [5, 5.41) is 2.80. The molecule has 1 aliphatic carbocycles. The van der Waals surface area contributed by atoms with Crippen LogP contribution < -0.4 is 5.32 Å². The predicted octanol–water partition coefficient (Wildman–Crippen LogP) is 0.0428. The second-order valence-electron chi connectivity index (χ2n) is 9.81. The van der Waals surface area contributed by atoms with Crippen LogP contribution in [-0.2, 0) is 14.4 Å². The van der Waals surface area contributed by atoms with E-state index in [-0.39, 0.29) is 18.4 Å². The fourth-order valence-corrected chi connectivity index (χ4v) is 4.35. The third-order valence-corrected chi connectivity index (χ3v) is 6.08. The van der Waals surface area contributed by atoms with Crippen molar-refractivity contribution >= 4 is 35.3 Å². The van der Waals surface area contributed by atoms with Crippen molar-refractivity contribution in [3.63, 3.8) is 0 Å². The number of imide groups is 1. The molecule has 5 amide bonds. The topological polar surface area (TPSA) is 105 Å². The van der Waals surface area contributed by atoms with E-state index in [0.717, 1.165) is 23.5 Å². The SMILES string of the molecule is CN1C(=O)N(CC(=O)NC(C)(C)C)C(=O)C2C1=NC=CC2=[N+]1CCN(C(=O)C2CC2)CC1. The lowest BCUT2D eigenvalue weighted by Crippen LogP contribution is -2.63. The standard InChI is InChI=1S/C22H30N6O4/c1-22(2,3)24-16(29)13-28-20(31)17-15(7-8-23-18(17)25(4)21(28)32)26-9-11-27(12-10-26)19(30)14-5-6-14/h7-8,14,17H,5-6,9-13H2,1-4H3/p+1. The minimum absolute atomic E-state index is 0.190. The van der Waals surface area contributed by atoms with Gasteiger partial charge in [-0.25, -0.2) is 14.4 Å². The summed E-state index contributed by atoms with van der Waals surface area (Å²) in [6.07, 6.45) is 5.35. The summed E-state index contributed by atoms with van der Waals surface area (Å²) in [7, 11) is 1.57. The number of urea groups is 1. The zero-order chi connectivity index (χ0) is 23.2. The molecule has 0 spiro atoms. The predicted molar refractivity (Wildman–Crippen MR) is 117 cm³/mol. The van der Waals surface area contributed by atoms with Gasteiger partial charge in [-0.05, 0) is 33.6 Å². The van der Waals surface area contributed by atoms with Gasteiger partial charge in [-0.2, -0.15) is 0 Å². The molecule has 0 radical (unpaired) electrons. The number of hydrogen-bond acceptors (Lipinski definition) is 5. The number of piperazine rings is 1. The largest absolute Gasteiger partial charge is 0.350 e. The van der Waals surface area contributed by atoms with E-state index in [1.807, 2.05) is 25.7 Å². The molecule has 0 aromatic carbocycles. The average Bonchev–Trinajstić information content (AvgIpc) is 3.58. The van der Waals surface area contributed by atoms with Gasteiger partial charge in [-0.15, -0.1) is 0 Å². The lowest BCUT2D eigenvalue weighted by atomic mass is 9.94. The van der Waals surface area contributed by atoms with Crippen LogP contribution in [0.4, 0.5) is 4.79 Å². The quantitative estimate of drug-likeness (QED) is 0.622. The van der Waals surface area contributed by atoms with Crippen molar-refractivity contribution in [2.45, 2.75) is 39.2 Å². The highest BCUT2D eigenvalue weighted by atomic mass is 16.2. The van der Waals surface area contributed by atoms with E-state index in [0.29, 0.717) is 32.0 Å². The second kappa shape index (κ2) is 8.14. The van der Waals surface area contributed by atoms with Crippen LogP contribution in [0.25, 0.3) is 0 Å². The number of amidine groups is 1. The molecule has 4 aliphatic rings. The molecule has 4 rings (SSSR count). The zero-order valence-electron chi connectivity index (χ0n) is 19.1. The van der Waals surface area contributed by atoms with E-state index in [2.05, 4.69) is 14.9 Å². The Morgan fingerprint density at radius 3 is 2.44 bits per heavy atom. The van der Waals surface area contributed by atoms with Crippen molar-refractivity contribution < 1.29 is 23.8 Å². The number of rotatable bonds is 3. The van der Waals surface area contributed by atoms with Gasteiger partial charge in [0, 0.05) is 30.8 Å². The number of fused-ring (bicyclic) bond motifs is 1. The molecule has 0 aromatic heterocycles. The summed E-state index contributed by atoms with van der Waals surface area (Å²) in [5.41, 5.74) is 0.277. The second-order valence-corrected chi connectivity index (χ2v) is 9.81. The molecule has 3 heterocycles. The maximum Gasteiger partial charge on any atom is 0.332 e. The van der Waals surface area contributed by atoms with Crippen LogP contribution in [0.2, 0.25) is 0 Å². The Hall–Kier alpha value is -3.04. The van der Waals surface area contributed by atoms with Crippen LogP contribution in [0.5, 0.6) is 0 Å². The first-order valence-electron chi connectivity index (χ1n) is 11.1. The maximum absolute atomic E-state index is 13.4. The van der Waals surface area contributed by atoms with E-state index < -0.39 is 29.3 Å². The molecular formula is C22H31N6O4+. The molecule has 32 heavy (non-hydrogen) atoms. The number of nitrogens with one attached hydrogen (secondary N) is 1. The molecule has 0 bridgehead atoms. The monoisotopic (exact) mass is 443 g/mol. The highest BCUT2D eigenvalue weighted by Gasteiger charge is 2.49. The van der Waals surface area contributed by atoms with E-state index in [9.17, 15) is 19.2 Å². The maximum atomic E-state index is 13.4. The normalized spacial score (nSPS) is 23.9. The fourth-order valence-electron chi connectivity index (χ4n) is 4.35. The molecule has 1 N–H and O–H groups in total. The summed E-state index contributed by atoms with van der Waals surface area (Å²) < 4.78 is 2.08. The van der Waals surface area contributed by atoms with Gasteiger partial charge < -0.3 is 10.2 Å². The summed E-state index contributed by atoms with van der Waals surface area (Å²) in [6.45, 7) is 7.60. The van der Waals surface area contributed by atoms with Crippen LogP contribution in [0.3, 0.4) is 0 Å². The van der Waals surface area contributed by atoms with Crippen LogP contribution in [0.15, 0.2) is 17.3 Å². The summed E-state index contributed by atoms with van der Waals surface area (Å²) in [4.78, 5) is 59.6. The molecule has 3 fully saturated rings. The third-order valence-electron chi connectivity index (χ3n) is 6.08. The Morgan fingerprint density at radius 2 is 1.84 bits per heavy atom. The first kappa shape index (κ1) is 22.2. The number of hydrogen-bond donors (Lipinski definition) is 1. The molecule has 10 heteroatoms. The summed E-state index contributed by atoms with van der Waals surface area (Å²) >= 11 is 0. The number of amides is 5. The first-order valence-corrected chi connectivity index (χ1v) is 11.1. The number of nitrogens with zero attached hydrogens (tertiary/aromatic N) is 5. The number of carbonyl (C=O) groups is 4. The van der Waals surface area contributed by atoms with Crippen LogP contribution in [0.1, 0.15) is 33.6 Å². The zero-order valence-corrected chi connectivity index (χ0v) is 19.1. The first-order chi connectivity index (χ1) is 15.1. The Morgan fingerprint density at radius 1 is 1.19 bits per heavy atom. The fraction of sp³-hybridized carbons (Fsp3) is 0.636. The Balaban J connectivity index is 1.55. The van der Waals surface area contributed by atoms with Gasteiger partial charge in [-0.1, -0.05) is 0 Å². The smallest absolute Gasteiger partial charge is 0.332 e. The van der Waals surface area contributed by atoms with Crippen molar-refractivity contribution in [3.05, 3.63) is 12.3 Å². The number of carbonyl (C=O) groups excluding carboxylic acids is 4. The molecule has 2 saturated heterocycles.